The zero-order chi connectivity index (χ0) is 17.0. The SMILES string of the molecule is O=C(O)NN[C@@H](Cc1cc(F)cc(F)c1)c1nc(Br)ccc1Br. The van der Waals surface area contributed by atoms with E-state index in [1.165, 1.54) is 12.1 Å². The Bertz CT molecular complexity index is 711. The van der Waals surface area contributed by atoms with Gasteiger partial charge in [-0.05, 0) is 68.1 Å². The Morgan fingerprint density at radius 1 is 1.22 bits per heavy atom. The third-order valence-corrected chi connectivity index (χ3v) is 4.00. The van der Waals surface area contributed by atoms with Crippen LogP contribution in [0, 0.1) is 11.6 Å². The molecular formula is C14H11Br2F2N3O2. The van der Waals surface area contributed by atoms with Crippen LogP contribution in [-0.2, 0) is 6.42 Å². The zero-order valence-electron chi connectivity index (χ0n) is 11.5. The summed E-state index contributed by atoms with van der Waals surface area (Å²) in [4.78, 5) is 15.0. The van der Waals surface area contributed by atoms with Gasteiger partial charge in [0, 0.05) is 10.5 Å². The second kappa shape index (κ2) is 7.80. The van der Waals surface area contributed by atoms with Crippen LogP contribution in [0.3, 0.4) is 0 Å². The van der Waals surface area contributed by atoms with Crippen LogP contribution in [0.1, 0.15) is 17.3 Å². The molecule has 0 radical (unpaired) electrons. The molecule has 0 saturated heterocycles. The molecule has 1 atom stereocenters. The molecule has 9 heteroatoms. The first kappa shape index (κ1) is 17.8. The summed E-state index contributed by atoms with van der Waals surface area (Å²) >= 11 is 6.57. The van der Waals surface area contributed by atoms with E-state index in [2.05, 4.69) is 42.3 Å². The smallest absolute Gasteiger partial charge is 0.419 e. The molecule has 0 fully saturated rings. The van der Waals surface area contributed by atoms with Gasteiger partial charge in [-0.15, -0.1) is 0 Å². The number of hydrazine groups is 1. The van der Waals surface area contributed by atoms with E-state index in [9.17, 15) is 13.6 Å². The van der Waals surface area contributed by atoms with E-state index in [1.807, 2.05) is 5.43 Å². The van der Waals surface area contributed by atoms with E-state index in [0.717, 1.165) is 6.07 Å². The number of hydrogen-bond donors (Lipinski definition) is 3. The van der Waals surface area contributed by atoms with Crippen LogP contribution in [0.4, 0.5) is 13.6 Å². The number of nitrogens with zero attached hydrogens (tertiary/aromatic N) is 1. The van der Waals surface area contributed by atoms with E-state index >= 15 is 0 Å². The Balaban J connectivity index is 2.33. The van der Waals surface area contributed by atoms with Crippen molar-refractivity contribution in [1.82, 2.24) is 15.8 Å². The highest BCUT2D eigenvalue weighted by Gasteiger charge is 2.19. The molecule has 1 aromatic carbocycles. The van der Waals surface area contributed by atoms with Gasteiger partial charge in [-0.1, -0.05) is 0 Å². The average Bonchev–Trinajstić information content (AvgIpc) is 2.45. The molecule has 3 N–H and O–H groups in total. The fraction of sp³-hybridized carbons (Fsp3) is 0.143. The molecule has 23 heavy (non-hydrogen) atoms. The lowest BCUT2D eigenvalue weighted by Gasteiger charge is -2.19. The van der Waals surface area contributed by atoms with Crippen LogP contribution in [0.25, 0.3) is 0 Å². The van der Waals surface area contributed by atoms with Crippen LogP contribution in [0.5, 0.6) is 0 Å². The second-order valence-electron chi connectivity index (χ2n) is 4.61. The first-order valence-electron chi connectivity index (χ1n) is 6.36. The summed E-state index contributed by atoms with van der Waals surface area (Å²) < 4.78 is 27.8. The van der Waals surface area contributed by atoms with Gasteiger partial charge in [0.15, 0.2) is 0 Å². The summed E-state index contributed by atoms with van der Waals surface area (Å²) in [5.74, 6) is -1.41. The van der Waals surface area contributed by atoms with Crippen molar-refractivity contribution < 1.29 is 18.7 Å². The van der Waals surface area contributed by atoms with Gasteiger partial charge < -0.3 is 5.11 Å². The third-order valence-electron chi connectivity index (χ3n) is 2.88. The number of carbonyl (C=O) groups is 1. The fourth-order valence-electron chi connectivity index (χ4n) is 2.01. The lowest BCUT2D eigenvalue weighted by molar-refractivity contribution is 0.186. The van der Waals surface area contributed by atoms with Crippen LogP contribution >= 0.6 is 31.9 Å². The molecule has 0 bridgehead atoms. The van der Waals surface area contributed by atoms with E-state index in [0.29, 0.717) is 20.3 Å². The third kappa shape index (κ3) is 5.22. The molecule has 2 aromatic rings. The van der Waals surface area contributed by atoms with Crippen LogP contribution in [-0.4, -0.2) is 16.2 Å². The normalized spacial score (nSPS) is 12.0. The lowest BCUT2D eigenvalue weighted by Crippen LogP contribution is -2.40. The zero-order valence-corrected chi connectivity index (χ0v) is 14.7. The summed E-state index contributed by atoms with van der Waals surface area (Å²) in [7, 11) is 0. The van der Waals surface area contributed by atoms with Crippen LogP contribution in [0.15, 0.2) is 39.4 Å². The van der Waals surface area contributed by atoms with Crippen molar-refractivity contribution in [2.24, 2.45) is 0 Å². The molecule has 0 aliphatic carbocycles. The van der Waals surface area contributed by atoms with Gasteiger partial charge in [0.05, 0.1) is 11.7 Å². The Morgan fingerprint density at radius 2 is 1.87 bits per heavy atom. The average molecular weight is 451 g/mol. The van der Waals surface area contributed by atoms with Gasteiger partial charge in [0.1, 0.15) is 16.2 Å². The summed E-state index contributed by atoms with van der Waals surface area (Å²) in [5, 5.41) is 8.75. The van der Waals surface area contributed by atoms with Gasteiger partial charge >= 0.3 is 6.09 Å². The Labute approximate surface area is 147 Å². The number of rotatable bonds is 5. The molecule has 5 nitrogen and oxygen atoms in total. The maximum absolute atomic E-state index is 13.3. The van der Waals surface area contributed by atoms with Crippen molar-refractivity contribution in [3.05, 3.63) is 62.3 Å². The second-order valence-corrected chi connectivity index (χ2v) is 6.28. The minimum Gasteiger partial charge on any atom is -0.464 e. The highest BCUT2D eigenvalue weighted by atomic mass is 79.9. The number of hydrogen-bond acceptors (Lipinski definition) is 3. The molecule has 1 aromatic heterocycles. The monoisotopic (exact) mass is 449 g/mol. The van der Waals surface area contributed by atoms with Crippen molar-refractivity contribution in [2.45, 2.75) is 12.5 Å². The predicted molar refractivity (Wildman–Crippen MR) is 86.7 cm³/mol. The summed E-state index contributed by atoms with van der Waals surface area (Å²) in [6.07, 6.45) is -1.16. The quantitative estimate of drug-likeness (QED) is 0.476. The lowest BCUT2D eigenvalue weighted by atomic mass is 10.0. The highest BCUT2D eigenvalue weighted by Crippen LogP contribution is 2.26. The maximum Gasteiger partial charge on any atom is 0.419 e. The summed E-state index contributed by atoms with van der Waals surface area (Å²) in [6, 6.07) is 5.94. The fourth-order valence-corrected chi connectivity index (χ4v) is 2.83. The number of carboxylic acid groups (broad SMARTS) is 1. The van der Waals surface area contributed by atoms with E-state index < -0.39 is 23.8 Å². The van der Waals surface area contributed by atoms with Crippen LogP contribution < -0.4 is 10.9 Å². The van der Waals surface area contributed by atoms with Gasteiger partial charge in [0.2, 0.25) is 0 Å². The first-order chi connectivity index (χ1) is 10.8. The molecule has 0 unspecified atom stereocenters. The van der Waals surface area contributed by atoms with Crippen molar-refractivity contribution in [3.63, 3.8) is 0 Å². The minimum absolute atomic E-state index is 0.122. The predicted octanol–water partition coefficient (Wildman–Crippen LogP) is 3.94. The molecule has 0 aliphatic rings. The van der Waals surface area contributed by atoms with Gasteiger partial charge in [0.25, 0.3) is 0 Å². The highest BCUT2D eigenvalue weighted by molar-refractivity contribution is 9.11. The molecule has 0 spiro atoms. The van der Waals surface area contributed by atoms with E-state index in [1.54, 1.807) is 12.1 Å². The molecule has 0 aliphatic heterocycles. The Kier molecular flexibility index (Phi) is 6.03. The molecule has 2 rings (SSSR count). The first-order valence-corrected chi connectivity index (χ1v) is 7.95. The number of benzene rings is 1. The topological polar surface area (TPSA) is 74.2 Å². The summed E-state index contributed by atoms with van der Waals surface area (Å²) in [5.41, 5.74) is 5.47. The standard InChI is InChI=1S/C14H11Br2F2N3O2/c15-10-1-2-12(16)19-13(10)11(20-21-14(22)23)5-7-3-8(17)6-9(18)4-7/h1-4,6,11,20-21H,5H2,(H,22,23)/t11-/m0/s1. The van der Waals surface area contributed by atoms with E-state index in [-0.39, 0.29) is 6.42 Å². The largest absolute Gasteiger partial charge is 0.464 e. The molecule has 1 heterocycles. The molecular weight excluding hydrogens is 440 g/mol. The van der Waals surface area contributed by atoms with Crippen LogP contribution in [0.2, 0.25) is 0 Å². The van der Waals surface area contributed by atoms with Crippen molar-refractivity contribution >= 4 is 38.0 Å². The summed E-state index contributed by atoms with van der Waals surface area (Å²) in [6.45, 7) is 0. The number of halogens is 4. The minimum atomic E-state index is -1.29. The van der Waals surface area contributed by atoms with Crippen molar-refractivity contribution in [1.29, 1.82) is 0 Å². The molecule has 1 amide bonds. The number of amides is 1. The number of pyridine rings is 1. The van der Waals surface area contributed by atoms with Crippen molar-refractivity contribution in [3.8, 4) is 0 Å². The Morgan fingerprint density at radius 3 is 2.48 bits per heavy atom. The van der Waals surface area contributed by atoms with Gasteiger partial charge in [-0.25, -0.2) is 24.0 Å². The van der Waals surface area contributed by atoms with Gasteiger partial charge in [-0.2, -0.15) is 0 Å². The number of aromatic nitrogens is 1. The number of nitrogens with one attached hydrogen (secondary N) is 2. The maximum atomic E-state index is 13.3. The van der Waals surface area contributed by atoms with E-state index in [4.69, 9.17) is 5.11 Å². The molecule has 0 saturated carbocycles. The van der Waals surface area contributed by atoms with Crippen molar-refractivity contribution in [2.75, 3.05) is 0 Å². The van der Waals surface area contributed by atoms with Gasteiger partial charge in [-0.3, -0.25) is 5.43 Å². The Hall–Kier alpha value is -1.58. The molecule has 122 valence electrons.